The molecule has 3 saturated carbocycles. The fourth-order valence-corrected chi connectivity index (χ4v) is 14.5. The van der Waals surface area contributed by atoms with Gasteiger partial charge in [0.25, 0.3) is 0 Å². The summed E-state index contributed by atoms with van der Waals surface area (Å²) in [5.41, 5.74) is 3.80. The first-order valence-electron chi connectivity index (χ1n) is 27.2. The molecule has 0 amide bonds. The van der Waals surface area contributed by atoms with Gasteiger partial charge in [0.1, 0.15) is 53.0 Å². The molecule has 74 heavy (non-hydrogen) atoms. The summed E-state index contributed by atoms with van der Waals surface area (Å²) in [6.45, 7) is 1.31. The molecule has 9 atom stereocenters. The topological polar surface area (TPSA) is 181 Å². The van der Waals surface area contributed by atoms with E-state index >= 15 is 0 Å². The van der Waals surface area contributed by atoms with Crippen molar-refractivity contribution in [3.05, 3.63) is 101 Å². The molecule has 1 saturated heterocycles. The van der Waals surface area contributed by atoms with Gasteiger partial charge in [0, 0.05) is 84.2 Å². The molecule has 7 aliphatic rings. The van der Waals surface area contributed by atoms with Crippen LogP contribution in [0.4, 0.5) is 0 Å². The van der Waals surface area contributed by atoms with Crippen LogP contribution < -0.4 is 29.6 Å². The van der Waals surface area contributed by atoms with Crippen molar-refractivity contribution in [3.63, 3.8) is 0 Å². The van der Waals surface area contributed by atoms with E-state index in [2.05, 4.69) is 22.5 Å². The van der Waals surface area contributed by atoms with Crippen LogP contribution >= 0.6 is 0 Å². The summed E-state index contributed by atoms with van der Waals surface area (Å²) in [7, 11) is 1.70. The summed E-state index contributed by atoms with van der Waals surface area (Å²) < 4.78 is 41.6. The maximum absolute atomic E-state index is 13.4. The van der Waals surface area contributed by atoms with E-state index in [1.54, 1.807) is 49.6 Å². The number of benzene rings is 5. The van der Waals surface area contributed by atoms with Gasteiger partial charge < -0.3 is 54.0 Å². The van der Waals surface area contributed by atoms with Crippen molar-refractivity contribution in [2.45, 2.75) is 131 Å². The van der Waals surface area contributed by atoms with Crippen LogP contribution in [0.2, 0.25) is 0 Å². The van der Waals surface area contributed by atoms with Gasteiger partial charge in [-0.2, -0.15) is 0 Å². The average Bonchev–Trinajstić information content (AvgIpc) is 4.04. The van der Waals surface area contributed by atoms with E-state index in [-0.39, 0.29) is 60.5 Å². The quantitative estimate of drug-likeness (QED) is 0.0492. The standard InChI is InChI=1S/C61H70N2O11/c1-69-24-8-14-51-54(50-34-71-56-39(29-44(31-48(56)55(50)68)72-43-12-3-4-13-43)26-38-28-41(66)16-18-45(38)36-10-7-11-40(65)27-36)58-49-32-52(47-30-42(67)17-19-46(47)57(49)73-51)70-25-9-15-53-60(21-5-2-6-22-60)62-35-63-61(53)23-20-37(33-64)59(61)74-58/h7,10-11,16-19,27-32,37,43,50-51,53-55,58-59,62-68H,2-6,8,12-14,20-26,33-35H2,1H3/t37-,50+,51+,53-,54+,55+,58-,59-,61+/m0/s1. The number of aliphatic hydroxyl groups is 2. The van der Waals surface area contributed by atoms with E-state index in [4.69, 9.17) is 28.4 Å². The molecule has 4 aliphatic heterocycles. The van der Waals surface area contributed by atoms with E-state index in [1.165, 1.54) is 6.42 Å². The zero-order chi connectivity index (χ0) is 50.6. The fourth-order valence-electron chi connectivity index (χ4n) is 14.5. The van der Waals surface area contributed by atoms with Crippen LogP contribution in [0.3, 0.4) is 0 Å². The minimum absolute atomic E-state index is 0.0382. The molecule has 7 N–H and O–H groups in total. The molecule has 5 aromatic carbocycles. The molecule has 0 aromatic heterocycles. The highest BCUT2D eigenvalue weighted by molar-refractivity contribution is 5.96. The third-order valence-electron chi connectivity index (χ3n) is 17.9. The summed E-state index contributed by atoms with van der Waals surface area (Å²) in [6.07, 6.45) is 9.86. The van der Waals surface area contributed by atoms with Gasteiger partial charge in [-0.3, -0.25) is 10.6 Å². The first-order chi connectivity index (χ1) is 36.1. The number of phenols is 3. The van der Waals surface area contributed by atoms with Gasteiger partial charge in [0.15, 0.2) is 0 Å². The van der Waals surface area contributed by atoms with Crippen molar-refractivity contribution in [3.8, 4) is 63.2 Å². The molecule has 2 spiro atoms. The highest BCUT2D eigenvalue weighted by Gasteiger charge is 2.63. The zero-order valence-electron chi connectivity index (χ0n) is 42.3. The lowest BCUT2D eigenvalue weighted by molar-refractivity contribution is -0.168. The monoisotopic (exact) mass is 1010 g/mol. The number of nitrogens with one attached hydrogen (secondary N) is 2. The number of methoxy groups -OCH3 is 1. The van der Waals surface area contributed by atoms with E-state index in [0.717, 1.165) is 97.4 Å². The highest BCUT2D eigenvalue weighted by Crippen LogP contribution is 2.58. The van der Waals surface area contributed by atoms with Crippen molar-refractivity contribution in [2.24, 2.45) is 23.7 Å². The number of hydrogen-bond donors (Lipinski definition) is 7. The van der Waals surface area contributed by atoms with Gasteiger partial charge >= 0.3 is 0 Å². The molecule has 13 nitrogen and oxygen atoms in total. The van der Waals surface area contributed by atoms with Crippen molar-refractivity contribution < 1.29 is 54.0 Å². The lowest BCUT2D eigenvalue weighted by atomic mass is 9.62. The Hall–Kier alpha value is -5.72. The first kappa shape index (κ1) is 49.2. The Bertz CT molecular complexity index is 2930. The van der Waals surface area contributed by atoms with E-state index < -0.39 is 41.8 Å². The Morgan fingerprint density at radius 3 is 2.43 bits per heavy atom. The van der Waals surface area contributed by atoms with Crippen molar-refractivity contribution in [1.82, 2.24) is 10.6 Å². The van der Waals surface area contributed by atoms with Gasteiger partial charge in [-0.25, -0.2) is 0 Å². The number of rotatable bonds is 11. The summed E-state index contributed by atoms with van der Waals surface area (Å²) in [4.78, 5) is 0. The van der Waals surface area contributed by atoms with Crippen molar-refractivity contribution >= 4 is 10.8 Å². The van der Waals surface area contributed by atoms with Crippen LogP contribution in [0.25, 0.3) is 21.9 Å². The largest absolute Gasteiger partial charge is 0.508 e. The van der Waals surface area contributed by atoms with Crippen LogP contribution in [0.5, 0.6) is 40.2 Å². The third kappa shape index (κ3) is 8.89. The van der Waals surface area contributed by atoms with Gasteiger partial charge in [-0.15, -0.1) is 0 Å². The summed E-state index contributed by atoms with van der Waals surface area (Å²) in [5, 5.41) is 66.5. The molecule has 4 fully saturated rings. The molecule has 0 unspecified atom stereocenters. The van der Waals surface area contributed by atoms with E-state index in [0.29, 0.717) is 66.5 Å². The van der Waals surface area contributed by atoms with E-state index in [9.17, 15) is 25.5 Å². The SMILES string of the molecule is COCCC[C@H]1Oc2c3cc(c4cc(O)ccc24)OCC#C[C@H]2C4(CCCCC4)NCN[C@]24CC[C@@H](CO)[C@@H]4O[C@@H]3[C@@H]1[C@H]1COc2c(Cc3cc(O)ccc3-c3cccc(O)c3)cc(OC3CCCC3)cc2[C@H]1O. The number of fused-ring (bicyclic) bond motifs is 6. The molecule has 390 valence electrons. The summed E-state index contributed by atoms with van der Waals surface area (Å²) in [6, 6.07) is 23.6. The Morgan fingerprint density at radius 2 is 1.61 bits per heavy atom. The molecule has 0 radical (unpaired) electrons. The Morgan fingerprint density at radius 1 is 0.784 bits per heavy atom. The smallest absolute Gasteiger partial charge is 0.149 e. The first-order valence-corrected chi connectivity index (χ1v) is 27.2. The predicted octanol–water partition coefficient (Wildman–Crippen LogP) is 9.51. The molecule has 12 rings (SSSR count). The minimum atomic E-state index is -1.06. The molecular weight excluding hydrogens is 937 g/mol. The van der Waals surface area contributed by atoms with Gasteiger partial charge in [0.05, 0.1) is 42.5 Å². The Balaban J connectivity index is 1.01. The highest BCUT2D eigenvalue weighted by atomic mass is 16.5. The average molecular weight is 1010 g/mol. The fraction of sp³-hybridized carbons (Fsp3) is 0.508. The molecule has 3 aliphatic carbocycles. The lowest BCUT2D eigenvalue weighted by Crippen LogP contribution is -2.75. The van der Waals surface area contributed by atoms with Gasteiger partial charge in [-0.05, 0) is 142 Å². The number of aliphatic hydroxyl groups excluding tert-OH is 2. The van der Waals surface area contributed by atoms with Gasteiger partial charge in [0.2, 0.25) is 0 Å². The second kappa shape index (κ2) is 20.4. The van der Waals surface area contributed by atoms with Crippen molar-refractivity contribution in [2.75, 3.05) is 40.2 Å². The zero-order valence-corrected chi connectivity index (χ0v) is 42.3. The summed E-state index contributed by atoms with van der Waals surface area (Å²) in [5.74, 6) is 8.61. The van der Waals surface area contributed by atoms with Crippen molar-refractivity contribution in [1.29, 1.82) is 0 Å². The van der Waals surface area contributed by atoms with Crippen LogP contribution in [0, 0.1) is 35.5 Å². The third-order valence-corrected chi connectivity index (χ3v) is 17.9. The molecule has 13 heteroatoms. The second-order valence-corrected chi connectivity index (χ2v) is 22.2. The molecule has 5 aromatic rings. The lowest BCUT2D eigenvalue weighted by Gasteiger charge is -2.57. The van der Waals surface area contributed by atoms with E-state index in [1.807, 2.05) is 36.4 Å². The second-order valence-electron chi connectivity index (χ2n) is 22.2. The number of ether oxygens (including phenoxy) is 6. The predicted molar refractivity (Wildman–Crippen MR) is 280 cm³/mol. The maximum Gasteiger partial charge on any atom is 0.149 e. The molecule has 4 heterocycles. The minimum Gasteiger partial charge on any atom is -0.508 e. The number of hydrogen-bond acceptors (Lipinski definition) is 13. The van der Waals surface area contributed by atoms with Crippen LogP contribution in [0.1, 0.15) is 118 Å². The maximum atomic E-state index is 13.4. The number of phenolic OH excluding ortho intramolecular Hbond substituents is 3. The van der Waals surface area contributed by atoms with Crippen LogP contribution in [-0.4, -0.2) is 95.1 Å². The molecule has 2 bridgehead atoms. The Labute approximate surface area is 433 Å². The molecular formula is C61H70N2O11. The number of aromatic hydroxyl groups is 3. The van der Waals surface area contributed by atoms with Gasteiger partial charge in [-0.1, -0.05) is 49.3 Å². The Kier molecular flexibility index (Phi) is 13.6. The van der Waals surface area contributed by atoms with Crippen LogP contribution in [-0.2, 0) is 15.9 Å². The normalized spacial score (nSPS) is 29.0. The summed E-state index contributed by atoms with van der Waals surface area (Å²) >= 11 is 0. The van der Waals surface area contributed by atoms with Crippen LogP contribution in [0.15, 0.2) is 78.9 Å².